The number of aliphatic carboxylic acids is 1. The molecule has 1 heterocycles. The quantitative estimate of drug-likeness (QED) is 0.787. The van der Waals surface area contributed by atoms with E-state index < -0.39 is 11.9 Å². The van der Waals surface area contributed by atoms with Gasteiger partial charge in [-0.15, -0.1) is 0 Å². The molecule has 2 amide bonds. The summed E-state index contributed by atoms with van der Waals surface area (Å²) in [5, 5.41) is 11.8. The van der Waals surface area contributed by atoms with Gasteiger partial charge in [0.25, 0.3) is 0 Å². The number of hydrogen-bond donors (Lipinski definition) is 2. The molecule has 0 radical (unpaired) electrons. The lowest BCUT2D eigenvalue weighted by Gasteiger charge is -2.21. The van der Waals surface area contributed by atoms with Crippen molar-refractivity contribution < 1.29 is 14.7 Å². The number of nitrogens with zero attached hydrogens (tertiary/aromatic N) is 1. The SMILES string of the molecule is CCC1CCN(C(=O)NCC(C(=O)O)C(C)C)C1. The molecule has 5 nitrogen and oxygen atoms in total. The first-order chi connectivity index (χ1) is 8.45. The van der Waals surface area contributed by atoms with Gasteiger partial charge in [-0.3, -0.25) is 4.79 Å². The van der Waals surface area contributed by atoms with Gasteiger partial charge in [0.1, 0.15) is 0 Å². The molecule has 0 aliphatic carbocycles. The van der Waals surface area contributed by atoms with Gasteiger partial charge in [0.05, 0.1) is 5.92 Å². The Hall–Kier alpha value is -1.26. The third-order valence-corrected chi connectivity index (χ3v) is 3.75. The minimum atomic E-state index is -0.849. The highest BCUT2D eigenvalue weighted by Gasteiger charge is 2.27. The Morgan fingerprint density at radius 3 is 2.56 bits per heavy atom. The van der Waals surface area contributed by atoms with E-state index in [4.69, 9.17) is 5.11 Å². The van der Waals surface area contributed by atoms with Crippen molar-refractivity contribution in [3.63, 3.8) is 0 Å². The normalized spacial score (nSPS) is 21.1. The summed E-state index contributed by atoms with van der Waals surface area (Å²) in [6.07, 6.45) is 2.14. The minimum Gasteiger partial charge on any atom is -0.481 e. The molecule has 2 unspecified atom stereocenters. The molecule has 1 fully saturated rings. The average molecular weight is 256 g/mol. The summed E-state index contributed by atoms with van der Waals surface area (Å²) in [7, 11) is 0. The van der Waals surface area contributed by atoms with Crippen molar-refractivity contribution in [2.75, 3.05) is 19.6 Å². The molecule has 0 saturated carbocycles. The van der Waals surface area contributed by atoms with Crippen LogP contribution in [0, 0.1) is 17.8 Å². The second-order valence-electron chi connectivity index (χ2n) is 5.38. The Bertz CT molecular complexity index is 305. The molecule has 0 aromatic carbocycles. The van der Waals surface area contributed by atoms with E-state index in [2.05, 4.69) is 12.2 Å². The number of carboxylic acid groups (broad SMARTS) is 1. The van der Waals surface area contributed by atoms with E-state index in [1.807, 2.05) is 13.8 Å². The second kappa shape index (κ2) is 6.61. The number of urea groups is 1. The molecule has 0 spiro atoms. The van der Waals surface area contributed by atoms with Crippen LogP contribution >= 0.6 is 0 Å². The summed E-state index contributed by atoms with van der Waals surface area (Å²) in [5.41, 5.74) is 0. The number of carboxylic acids is 1. The van der Waals surface area contributed by atoms with Crippen LogP contribution in [0.3, 0.4) is 0 Å². The van der Waals surface area contributed by atoms with Crippen molar-refractivity contribution >= 4 is 12.0 Å². The Labute approximate surface area is 109 Å². The maximum Gasteiger partial charge on any atom is 0.317 e. The lowest BCUT2D eigenvalue weighted by molar-refractivity contribution is -0.142. The highest BCUT2D eigenvalue weighted by atomic mass is 16.4. The molecule has 18 heavy (non-hydrogen) atoms. The van der Waals surface area contributed by atoms with Crippen LogP contribution in [0.2, 0.25) is 0 Å². The minimum absolute atomic E-state index is 0.0183. The zero-order valence-corrected chi connectivity index (χ0v) is 11.5. The molecule has 1 saturated heterocycles. The lowest BCUT2D eigenvalue weighted by Crippen LogP contribution is -2.42. The summed E-state index contributed by atoms with van der Waals surface area (Å²) in [5.74, 6) is -0.752. The molecule has 1 aliphatic heterocycles. The first-order valence-electron chi connectivity index (χ1n) is 6.71. The summed E-state index contributed by atoms with van der Waals surface area (Å²) in [4.78, 5) is 24.7. The maximum atomic E-state index is 11.9. The lowest BCUT2D eigenvalue weighted by atomic mass is 9.96. The van der Waals surface area contributed by atoms with Crippen molar-refractivity contribution in [3.05, 3.63) is 0 Å². The highest BCUT2D eigenvalue weighted by molar-refractivity contribution is 5.76. The van der Waals surface area contributed by atoms with Gasteiger partial charge in [0.15, 0.2) is 0 Å². The van der Waals surface area contributed by atoms with E-state index in [1.165, 1.54) is 0 Å². The highest BCUT2D eigenvalue weighted by Crippen LogP contribution is 2.19. The van der Waals surface area contributed by atoms with Crippen LogP contribution in [0.1, 0.15) is 33.6 Å². The summed E-state index contributed by atoms with van der Waals surface area (Å²) >= 11 is 0. The first-order valence-corrected chi connectivity index (χ1v) is 6.71. The number of amides is 2. The number of hydrogen-bond acceptors (Lipinski definition) is 2. The third-order valence-electron chi connectivity index (χ3n) is 3.75. The Balaban J connectivity index is 2.39. The van der Waals surface area contributed by atoms with Gasteiger partial charge in [-0.05, 0) is 18.3 Å². The van der Waals surface area contributed by atoms with Crippen LogP contribution in [0.15, 0.2) is 0 Å². The zero-order valence-electron chi connectivity index (χ0n) is 11.5. The van der Waals surface area contributed by atoms with Crippen LogP contribution in [0.5, 0.6) is 0 Å². The Kier molecular flexibility index (Phi) is 5.44. The van der Waals surface area contributed by atoms with Crippen LogP contribution in [0.4, 0.5) is 4.79 Å². The number of carbonyl (C=O) groups excluding carboxylic acids is 1. The van der Waals surface area contributed by atoms with Gasteiger partial charge < -0.3 is 15.3 Å². The van der Waals surface area contributed by atoms with Crippen molar-refractivity contribution in [1.82, 2.24) is 10.2 Å². The van der Waals surface area contributed by atoms with Crippen LogP contribution in [0.25, 0.3) is 0 Å². The fourth-order valence-electron chi connectivity index (χ4n) is 2.27. The number of nitrogens with one attached hydrogen (secondary N) is 1. The van der Waals surface area contributed by atoms with Crippen LogP contribution in [-0.2, 0) is 4.79 Å². The smallest absolute Gasteiger partial charge is 0.317 e. The molecule has 2 N–H and O–H groups in total. The number of likely N-dealkylation sites (tertiary alicyclic amines) is 1. The third kappa shape index (κ3) is 3.89. The summed E-state index contributed by atoms with van der Waals surface area (Å²) < 4.78 is 0. The first kappa shape index (κ1) is 14.8. The summed E-state index contributed by atoms with van der Waals surface area (Å²) in [6.45, 7) is 7.62. The van der Waals surface area contributed by atoms with Gasteiger partial charge >= 0.3 is 12.0 Å². The molecule has 0 aromatic rings. The fourth-order valence-corrected chi connectivity index (χ4v) is 2.27. The fraction of sp³-hybridized carbons (Fsp3) is 0.846. The average Bonchev–Trinajstić information content (AvgIpc) is 2.76. The van der Waals surface area contributed by atoms with Crippen molar-refractivity contribution in [2.24, 2.45) is 17.8 Å². The molecular weight excluding hydrogens is 232 g/mol. The largest absolute Gasteiger partial charge is 0.481 e. The van der Waals surface area contributed by atoms with Gasteiger partial charge in [0, 0.05) is 19.6 Å². The topological polar surface area (TPSA) is 69.6 Å². The molecule has 5 heteroatoms. The Morgan fingerprint density at radius 1 is 1.44 bits per heavy atom. The second-order valence-corrected chi connectivity index (χ2v) is 5.38. The molecule has 1 aliphatic rings. The number of carbonyl (C=O) groups is 2. The standard InChI is InChI=1S/C13H24N2O3/c1-4-10-5-6-15(8-10)13(18)14-7-11(9(2)3)12(16)17/h9-11H,4-8H2,1-3H3,(H,14,18)(H,16,17). The van der Waals surface area contributed by atoms with E-state index in [9.17, 15) is 9.59 Å². The zero-order chi connectivity index (χ0) is 13.7. The van der Waals surface area contributed by atoms with E-state index in [0.717, 1.165) is 25.9 Å². The predicted molar refractivity (Wildman–Crippen MR) is 69.3 cm³/mol. The van der Waals surface area contributed by atoms with Crippen molar-refractivity contribution in [1.29, 1.82) is 0 Å². The predicted octanol–water partition coefficient (Wildman–Crippen LogP) is 1.78. The molecule has 2 atom stereocenters. The molecule has 104 valence electrons. The van der Waals surface area contributed by atoms with Gasteiger partial charge in [-0.2, -0.15) is 0 Å². The van der Waals surface area contributed by atoms with Crippen molar-refractivity contribution in [3.8, 4) is 0 Å². The molecule has 1 rings (SSSR count). The molecule has 0 bridgehead atoms. The van der Waals surface area contributed by atoms with E-state index in [1.54, 1.807) is 4.90 Å². The van der Waals surface area contributed by atoms with E-state index in [-0.39, 0.29) is 18.5 Å². The van der Waals surface area contributed by atoms with E-state index in [0.29, 0.717) is 5.92 Å². The molecular formula is C13H24N2O3. The monoisotopic (exact) mass is 256 g/mol. The summed E-state index contributed by atoms with van der Waals surface area (Å²) in [6, 6.07) is -0.127. The van der Waals surface area contributed by atoms with Crippen LogP contribution < -0.4 is 5.32 Å². The van der Waals surface area contributed by atoms with Crippen LogP contribution in [-0.4, -0.2) is 41.6 Å². The Morgan fingerprint density at radius 2 is 2.11 bits per heavy atom. The molecule has 0 aromatic heterocycles. The van der Waals surface area contributed by atoms with Gasteiger partial charge in [-0.25, -0.2) is 4.79 Å². The van der Waals surface area contributed by atoms with Gasteiger partial charge in [-0.1, -0.05) is 27.2 Å². The maximum absolute atomic E-state index is 11.9. The number of rotatable bonds is 5. The van der Waals surface area contributed by atoms with Crippen molar-refractivity contribution in [2.45, 2.75) is 33.6 Å². The van der Waals surface area contributed by atoms with Gasteiger partial charge in [0.2, 0.25) is 0 Å². The van der Waals surface area contributed by atoms with E-state index >= 15 is 0 Å².